The maximum Gasteiger partial charge on any atom is 0.160 e. The highest BCUT2D eigenvalue weighted by molar-refractivity contribution is 6.20. The fourth-order valence-corrected chi connectivity index (χ4v) is 2.67. The lowest BCUT2D eigenvalue weighted by Crippen LogP contribution is -2.13. The number of halogens is 1. The van der Waals surface area contributed by atoms with Crippen LogP contribution in [0.5, 0.6) is 0 Å². The summed E-state index contributed by atoms with van der Waals surface area (Å²) < 4.78 is 2.08. The van der Waals surface area contributed by atoms with Crippen molar-refractivity contribution in [1.29, 1.82) is 0 Å². The normalized spacial score (nSPS) is 14.3. The standard InChI is InChI=1S/C16H17ClN4/c1-10-8-14-16(19-9-10)21(15(20-14)11(2)17)12(3)13-6-4-5-7-18-13/h4-9,11-12H,1-3H3. The van der Waals surface area contributed by atoms with Crippen LogP contribution in [0.15, 0.2) is 36.7 Å². The molecule has 21 heavy (non-hydrogen) atoms. The molecule has 3 heterocycles. The second-order valence-electron chi connectivity index (χ2n) is 5.24. The average Bonchev–Trinajstić information content (AvgIpc) is 2.86. The summed E-state index contributed by atoms with van der Waals surface area (Å²) in [5.74, 6) is 0.822. The molecule has 0 aliphatic carbocycles. The molecule has 0 saturated carbocycles. The SMILES string of the molecule is Cc1cnc2c(c1)nc(C(C)Cl)n2C(C)c1ccccn1. The molecular formula is C16H17ClN4. The largest absolute Gasteiger partial charge is 0.303 e. The van der Waals surface area contributed by atoms with Gasteiger partial charge < -0.3 is 4.57 Å². The summed E-state index contributed by atoms with van der Waals surface area (Å²) in [6.07, 6.45) is 3.65. The van der Waals surface area contributed by atoms with Gasteiger partial charge in [-0.2, -0.15) is 0 Å². The van der Waals surface area contributed by atoms with E-state index in [9.17, 15) is 0 Å². The first-order valence-electron chi connectivity index (χ1n) is 6.97. The van der Waals surface area contributed by atoms with Crippen LogP contribution in [0.1, 0.15) is 42.3 Å². The predicted octanol–water partition coefficient (Wildman–Crippen LogP) is 4.04. The second kappa shape index (κ2) is 5.45. The van der Waals surface area contributed by atoms with Gasteiger partial charge in [-0.3, -0.25) is 4.98 Å². The highest BCUT2D eigenvalue weighted by atomic mass is 35.5. The van der Waals surface area contributed by atoms with E-state index >= 15 is 0 Å². The molecule has 0 amide bonds. The third kappa shape index (κ3) is 2.51. The van der Waals surface area contributed by atoms with Crippen molar-refractivity contribution in [2.24, 2.45) is 0 Å². The summed E-state index contributed by atoms with van der Waals surface area (Å²) in [7, 11) is 0. The Kier molecular flexibility index (Phi) is 3.64. The van der Waals surface area contributed by atoms with E-state index < -0.39 is 0 Å². The van der Waals surface area contributed by atoms with Crippen LogP contribution in [0, 0.1) is 6.92 Å². The highest BCUT2D eigenvalue weighted by Crippen LogP contribution is 2.29. The Hall–Kier alpha value is -1.94. The third-order valence-corrected chi connectivity index (χ3v) is 3.75. The summed E-state index contributed by atoms with van der Waals surface area (Å²) in [5, 5.41) is -0.189. The van der Waals surface area contributed by atoms with Gasteiger partial charge in [-0.25, -0.2) is 9.97 Å². The summed E-state index contributed by atoms with van der Waals surface area (Å²) in [6, 6.07) is 7.97. The number of rotatable bonds is 3. The van der Waals surface area contributed by atoms with Crippen LogP contribution in [-0.4, -0.2) is 19.5 Å². The van der Waals surface area contributed by atoms with Gasteiger partial charge in [0.15, 0.2) is 5.65 Å². The summed E-state index contributed by atoms with van der Waals surface area (Å²) >= 11 is 6.32. The Morgan fingerprint density at radius 3 is 2.67 bits per heavy atom. The molecule has 3 rings (SSSR count). The molecule has 0 saturated heterocycles. The third-order valence-electron chi connectivity index (χ3n) is 3.55. The number of imidazole rings is 1. The Labute approximate surface area is 128 Å². The first-order valence-corrected chi connectivity index (χ1v) is 7.41. The molecule has 2 atom stereocenters. The quantitative estimate of drug-likeness (QED) is 0.686. The topological polar surface area (TPSA) is 43.6 Å². The van der Waals surface area contributed by atoms with Crippen molar-refractivity contribution >= 4 is 22.8 Å². The lowest BCUT2D eigenvalue weighted by atomic mass is 10.2. The van der Waals surface area contributed by atoms with Gasteiger partial charge in [-0.05, 0) is 44.5 Å². The zero-order valence-electron chi connectivity index (χ0n) is 12.3. The van der Waals surface area contributed by atoms with Crippen LogP contribution in [0.2, 0.25) is 0 Å². The molecule has 2 unspecified atom stereocenters. The number of hydrogen-bond acceptors (Lipinski definition) is 3. The second-order valence-corrected chi connectivity index (χ2v) is 5.90. The van der Waals surface area contributed by atoms with Gasteiger partial charge in [0.2, 0.25) is 0 Å². The van der Waals surface area contributed by atoms with E-state index in [4.69, 9.17) is 11.6 Å². The Balaban J connectivity index is 2.22. The zero-order chi connectivity index (χ0) is 15.0. The molecule has 3 aromatic rings. The van der Waals surface area contributed by atoms with Gasteiger partial charge in [-0.15, -0.1) is 11.6 Å². The van der Waals surface area contributed by atoms with Gasteiger partial charge in [0.05, 0.1) is 17.1 Å². The van der Waals surface area contributed by atoms with E-state index in [2.05, 4.69) is 26.4 Å². The monoisotopic (exact) mass is 300 g/mol. The lowest BCUT2D eigenvalue weighted by molar-refractivity contribution is 0.599. The van der Waals surface area contributed by atoms with Crippen molar-refractivity contribution in [3.63, 3.8) is 0 Å². The van der Waals surface area contributed by atoms with E-state index in [1.807, 2.05) is 44.3 Å². The van der Waals surface area contributed by atoms with Gasteiger partial charge in [0, 0.05) is 12.4 Å². The van der Waals surface area contributed by atoms with E-state index in [0.717, 1.165) is 28.2 Å². The molecular weight excluding hydrogens is 284 g/mol. The van der Waals surface area contributed by atoms with Gasteiger partial charge in [-0.1, -0.05) is 6.07 Å². The number of hydrogen-bond donors (Lipinski definition) is 0. The molecule has 0 fully saturated rings. The minimum atomic E-state index is -0.189. The molecule has 0 aliphatic heterocycles. The number of aryl methyl sites for hydroxylation is 1. The minimum Gasteiger partial charge on any atom is -0.303 e. The number of pyridine rings is 2. The molecule has 0 aliphatic rings. The number of aromatic nitrogens is 4. The highest BCUT2D eigenvalue weighted by Gasteiger charge is 2.21. The summed E-state index contributed by atoms with van der Waals surface area (Å²) in [6.45, 7) is 6.03. The van der Waals surface area contributed by atoms with Gasteiger partial charge in [0.25, 0.3) is 0 Å². The zero-order valence-corrected chi connectivity index (χ0v) is 13.0. The fourth-order valence-electron chi connectivity index (χ4n) is 2.52. The molecule has 108 valence electrons. The van der Waals surface area contributed by atoms with Crippen LogP contribution < -0.4 is 0 Å². The minimum absolute atomic E-state index is 0.0302. The first kappa shape index (κ1) is 14.0. The Morgan fingerprint density at radius 2 is 2.00 bits per heavy atom. The molecule has 0 bridgehead atoms. The molecule has 3 aromatic heterocycles. The Morgan fingerprint density at radius 1 is 1.19 bits per heavy atom. The molecule has 4 nitrogen and oxygen atoms in total. The van der Waals surface area contributed by atoms with Crippen molar-refractivity contribution in [2.75, 3.05) is 0 Å². The molecule has 0 radical (unpaired) electrons. The molecule has 0 N–H and O–H groups in total. The van der Waals surface area contributed by atoms with Crippen molar-refractivity contribution in [3.8, 4) is 0 Å². The maximum atomic E-state index is 6.32. The first-order chi connectivity index (χ1) is 10.1. The predicted molar refractivity (Wildman–Crippen MR) is 84.6 cm³/mol. The van der Waals surface area contributed by atoms with Crippen molar-refractivity contribution in [3.05, 3.63) is 53.7 Å². The van der Waals surface area contributed by atoms with Crippen LogP contribution in [0.25, 0.3) is 11.2 Å². The Bertz CT molecular complexity index is 765. The van der Waals surface area contributed by atoms with Crippen molar-refractivity contribution < 1.29 is 0 Å². The lowest BCUT2D eigenvalue weighted by Gasteiger charge is -2.17. The fraction of sp³-hybridized carbons (Fsp3) is 0.312. The van der Waals surface area contributed by atoms with E-state index in [0.29, 0.717) is 0 Å². The summed E-state index contributed by atoms with van der Waals surface area (Å²) in [5.41, 5.74) is 3.78. The van der Waals surface area contributed by atoms with E-state index in [-0.39, 0.29) is 11.4 Å². The number of fused-ring (bicyclic) bond motifs is 1. The molecule has 0 aromatic carbocycles. The smallest absolute Gasteiger partial charge is 0.160 e. The van der Waals surface area contributed by atoms with Crippen molar-refractivity contribution in [2.45, 2.75) is 32.2 Å². The van der Waals surface area contributed by atoms with Gasteiger partial charge in [0.1, 0.15) is 11.3 Å². The summed E-state index contributed by atoms with van der Waals surface area (Å²) in [4.78, 5) is 13.6. The van der Waals surface area contributed by atoms with Crippen LogP contribution in [-0.2, 0) is 0 Å². The van der Waals surface area contributed by atoms with Crippen molar-refractivity contribution in [1.82, 2.24) is 19.5 Å². The number of nitrogens with zero attached hydrogens (tertiary/aromatic N) is 4. The maximum absolute atomic E-state index is 6.32. The van der Waals surface area contributed by atoms with Gasteiger partial charge >= 0.3 is 0 Å². The van der Waals surface area contributed by atoms with Crippen LogP contribution in [0.4, 0.5) is 0 Å². The number of alkyl halides is 1. The molecule has 0 spiro atoms. The van der Waals surface area contributed by atoms with Crippen LogP contribution >= 0.6 is 11.6 Å². The van der Waals surface area contributed by atoms with E-state index in [1.165, 1.54) is 0 Å². The molecule has 5 heteroatoms. The van der Waals surface area contributed by atoms with E-state index in [1.54, 1.807) is 6.20 Å². The average molecular weight is 301 g/mol. The van der Waals surface area contributed by atoms with Crippen LogP contribution in [0.3, 0.4) is 0 Å².